The van der Waals surface area contributed by atoms with Gasteiger partial charge in [-0.2, -0.15) is 0 Å². The van der Waals surface area contributed by atoms with Crippen molar-refractivity contribution in [2.45, 2.75) is 84.3 Å². The molecular formula is C24H37NO. The van der Waals surface area contributed by atoms with E-state index in [4.69, 9.17) is 6.42 Å². The molecule has 3 fully saturated rings. The molecule has 2 heteroatoms. The molecule has 4 aliphatic rings. The monoisotopic (exact) mass is 355 g/mol. The molecule has 0 radical (unpaired) electrons. The van der Waals surface area contributed by atoms with Gasteiger partial charge in [0.25, 0.3) is 0 Å². The van der Waals surface area contributed by atoms with Crippen LogP contribution in [0.15, 0.2) is 11.6 Å². The number of rotatable bonds is 3. The van der Waals surface area contributed by atoms with Gasteiger partial charge in [-0.1, -0.05) is 31.4 Å². The van der Waals surface area contributed by atoms with E-state index < -0.39 is 0 Å². The SMILES string of the molecule is C#CCNC(C)[C@H]1CCC2C3CC=C4C[C@@H](O)CC[C@]4(C)C3CC[C@@]21C. The van der Waals surface area contributed by atoms with Gasteiger partial charge in [-0.05, 0) is 92.8 Å². The molecule has 2 nitrogen and oxygen atoms in total. The number of aliphatic hydroxyl groups is 1. The Kier molecular flexibility index (Phi) is 4.77. The number of fused-ring (bicyclic) bond motifs is 5. The highest BCUT2D eigenvalue weighted by atomic mass is 16.3. The summed E-state index contributed by atoms with van der Waals surface area (Å²) < 4.78 is 0. The van der Waals surface area contributed by atoms with E-state index in [1.54, 1.807) is 5.57 Å². The average Bonchev–Trinajstić information content (AvgIpc) is 2.97. The van der Waals surface area contributed by atoms with Crippen LogP contribution >= 0.6 is 0 Å². The van der Waals surface area contributed by atoms with Crippen molar-refractivity contribution < 1.29 is 5.11 Å². The van der Waals surface area contributed by atoms with Gasteiger partial charge >= 0.3 is 0 Å². The zero-order valence-electron chi connectivity index (χ0n) is 16.9. The van der Waals surface area contributed by atoms with Gasteiger partial charge < -0.3 is 10.4 Å². The lowest BCUT2D eigenvalue weighted by molar-refractivity contribution is -0.0534. The highest BCUT2D eigenvalue weighted by Gasteiger charge is 2.59. The Morgan fingerprint density at radius 2 is 2.04 bits per heavy atom. The normalized spacial score (nSPS) is 48.6. The van der Waals surface area contributed by atoms with Crippen LogP contribution in [0.2, 0.25) is 0 Å². The topological polar surface area (TPSA) is 32.3 Å². The molecule has 2 N–H and O–H groups in total. The van der Waals surface area contributed by atoms with Crippen molar-refractivity contribution >= 4 is 0 Å². The first-order valence-corrected chi connectivity index (χ1v) is 10.9. The summed E-state index contributed by atoms with van der Waals surface area (Å²) >= 11 is 0. The van der Waals surface area contributed by atoms with Crippen LogP contribution in [-0.2, 0) is 0 Å². The molecule has 4 rings (SSSR count). The summed E-state index contributed by atoms with van der Waals surface area (Å²) in [6, 6.07) is 0.521. The van der Waals surface area contributed by atoms with E-state index in [1.165, 1.54) is 38.5 Å². The summed E-state index contributed by atoms with van der Waals surface area (Å²) in [7, 11) is 0. The second-order valence-electron chi connectivity index (χ2n) is 10.3. The maximum absolute atomic E-state index is 10.2. The van der Waals surface area contributed by atoms with Crippen LogP contribution in [0, 0.1) is 46.8 Å². The van der Waals surface area contributed by atoms with Crippen molar-refractivity contribution in [2.24, 2.45) is 34.5 Å². The summed E-state index contributed by atoms with van der Waals surface area (Å²) in [6.45, 7) is 8.15. The molecule has 8 atom stereocenters. The zero-order valence-corrected chi connectivity index (χ0v) is 16.9. The van der Waals surface area contributed by atoms with E-state index in [2.05, 4.69) is 38.1 Å². The van der Waals surface area contributed by atoms with Crippen LogP contribution in [0.4, 0.5) is 0 Å². The van der Waals surface area contributed by atoms with Crippen molar-refractivity contribution in [1.29, 1.82) is 0 Å². The van der Waals surface area contributed by atoms with Crippen molar-refractivity contribution in [1.82, 2.24) is 5.32 Å². The Balaban J connectivity index is 1.57. The Labute approximate surface area is 160 Å². The van der Waals surface area contributed by atoms with Gasteiger partial charge in [-0.15, -0.1) is 6.42 Å². The molecule has 144 valence electrons. The lowest BCUT2D eigenvalue weighted by atomic mass is 9.47. The van der Waals surface area contributed by atoms with Gasteiger partial charge in [0.1, 0.15) is 0 Å². The highest BCUT2D eigenvalue weighted by molar-refractivity contribution is 5.25. The van der Waals surface area contributed by atoms with Crippen molar-refractivity contribution in [3.05, 3.63) is 11.6 Å². The van der Waals surface area contributed by atoms with Crippen molar-refractivity contribution in [3.8, 4) is 12.3 Å². The smallest absolute Gasteiger partial charge is 0.0577 e. The largest absolute Gasteiger partial charge is 0.393 e. The molecule has 0 aromatic rings. The Hall–Kier alpha value is -0.780. The number of hydrogen-bond acceptors (Lipinski definition) is 2. The third-order valence-corrected chi connectivity index (χ3v) is 9.28. The minimum atomic E-state index is -0.0985. The molecule has 3 saturated carbocycles. The first-order valence-electron chi connectivity index (χ1n) is 10.9. The fraction of sp³-hybridized carbons (Fsp3) is 0.833. The van der Waals surface area contributed by atoms with E-state index in [1.807, 2.05) is 0 Å². The summed E-state index contributed by atoms with van der Waals surface area (Å²) in [5.41, 5.74) is 2.41. The van der Waals surface area contributed by atoms with Crippen LogP contribution < -0.4 is 5.32 Å². The Morgan fingerprint density at radius 3 is 2.81 bits per heavy atom. The predicted octanol–water partition coefficient (Wildman–Crippen LogP) is 4.54. The van der Waals surface area contributed by atoms with Crippen LogP contribution in [-0.4, -0.2) is 23.8 Å². The quantitative estimate of drug-likeness (QED) is 0.575. The molecule has 0 spiro atoms. The first-order chi connectivity index (χ1) is 12.4. The van der Waals surface area contributed by atoms with E-state index in [0.717, 1.165) is 36.5 Å². The molecule has 0 amide bonds. The van der Waals surface area contributed by atoms with Gasteiger partial charge in [0.2, 0.25) is 0 Å². The van der Waals surface area contributed by atoms with Gasteiger partial charge in [0, 0.05) is 6.04 Å². The molecule has 26 heavy (non-hydrogen) atoms. The predicted molar refractivity (Wildman–Crippen MR) is 107 cm³/mol. The standard InChI is InChI=1S/C24H37NO/c1-5-14-25-16(2)20-8-9-21-19-7-6-17-15-18(26)10-12-23(17,3)22(19)11-13-24(20,21)4/h1,6,16,18-22,25-26H,7-15H2,2-4H3/t16?,18-,19?,20+,21?,22?,23-,24+/m0/s1. The van der Waals surface area contributed by atoms with E-state index in [-0.39, 0.29) is 6.10 Å². The number of hydrogen-bond donors (Lipinski definition) is 2. The van der Waals surface area contributed by atoms with Crippen LogP contribution in [0.5, 0.6) is 0 Å². The van der Waals surface area contributed by atoms with E-state index >= 15 is 0 Å². The maximum Gasteiger partial charge on any atom is 0.0577 e. The number of allylic oxidation sites excluding steroid dienone is 1. The highest BCUT2D eigenvalue weighted by Crippen LogP contribution is 2.66. The minimum absolute atomic E-state index is 0.0985. The Bertz CT molecular complexity index is 618. The van der Waals surface area contributed by atoms with E-state index in [9.17, 15) is 5.11 Å². The van der Waals surface area contributed by atoms with Crippen molar-refractivity contribution in [3.63, 3.8) is 0 Å². The number of terminal acetylenes is 1. The maximum atomic E-state index is 10.2. The van der Waals surface area contributed by atoms with Gasteiger partial charge in [0.05, 0.1) is 12.6 Å². The molecule has 4 aliphatic carbocycles. The molecule has 0 aromatic carbocycles. The second-order valence-corrected chi connectivity index (χ2v) is 10.3. The first kappa shape index (κ1) is 18.6. The third kappa shape index (κ3) is 2.70. The summed E-state index contributed by atoms with van der Waals surface area (Å²) in [5, 5.41) is 13.7. The fourth-order valence-electron chi connectivity index (χ4n) is 7.87. The van der Waals surface area contributed by atoms with Gasteiger partial charge in [0.15, 0.2) is 0 Å². The summed E-state index contributed by atoms with van der Waals surface area (Å²) in [5.74, 6) is 6.06. The molecule has 0 heterocycles. The molecule has 0 bridgehead atoms. The number of aliphatic hydroxyl groups excluding tert-OH is 1. The van der Waals surface area contributed by atoms with Crippen LogP contribution in [0.1, 0.15) is 72.1 Å². The lowest BCUT2D eigenvalue weighted by Gasteiger charge is -2.58. The summed E-state index contributed by atoms with van der Waals surface area (Å²) in [4.78, 5) is 0. The second kappa shape index (κ2) is 6.68. The average molecular weight is 356 g/mol. The fourth-order valence-corrected chi connectivity index (χ4v) is 7.87. The Morgan fingerprint density at radius 1 is 1.23 bits per heavy atom. The molecule has 0 aromatic heterocycles. The zero-order chi connectivity index (χ0) is 18.5. The summed E-state index contributed by atoms with van der Waals surface area (Å²) in [6.07, 6.45) is 17.8. The minimum Gasteiger partial charge on any atom is -0.393 e. The molecule has 0 saturated heterocycles. The van der Waals surface area contributed by atoms with Crippen LogP contribution in [0.25, 0.3) is 0 Å². The van der Waals surface area contributed by atoms with E-state index in [0.29, 0.717) is 23.4 Å². The molecule has 0 aliphatic heterocycles. The lowest BCUT2D eigenvalue weighted by Crippen LogP contribution is -2.52. The van der Waals surface area contributed by atoms with Gasteiger partial charge in [-0.25, -0.2) is 0 Å². The molecular weight excluding hydrogens is 318 g/mol. The number of nitrogens with one attached hydrogen (secondary N) is 1. The van der Waals surface area contributed by atoms with Crippen LogP contribution in [0.3, 0.4) is 0 Å². The molecule has 4 unspecified atom stereocenters. The van der Waals surface area contributed by atoms with Crippen molar-refractivity contribution in [2.75, 3.05) is 6.54 Å². The van der Waals surface area contributed by atoms with Gasteiger partial charge in [-0.3, -0.25) is 0 Å². The third-order valence-electron chi connectivity index (χ3n) is 9.28.